The van der Waals surface area contributed by atoms with Gasteiger partial charge in [-0.1, -0.05) is 133 Å². The van der Waals surface area contributed by atoms with E-state index in [4.69, 9.17) is 0 Å². The molecule has 0 aromatic heterocycles. The van der Waals surface area contributed by atoms with Gasteiger partial charge in [0, 0.05) is 4.32 Å². The van der Waals surface area contributed by atoms with Crippen LogP contribution in [0.2, 0.25) is 0 Å². The summed E-state index contributed by atoms with van der Waals surface area (Å²) < 4.78 is 0.351. The third kappa shape index (κ3) is 22.7. The first-order chi connectivity index (χ1) is 10.1. The maximum absolute atomic E-state index is 3.72. The molecule has 0 radical (unpaired) electrons. The van der Waals surface area contributed by atoms with Crippen LogP contribution in [0.15, 0.2) is 0 Å². The predicted molar refractivity (Wildman–Crippen MR) is 108 cm³/mol. The van der Waals surface area contributed by atoms with E-state index in [1.165, 1.54) is 103 Å². The molecule has 0 heterocycles. The Morgan fingerprint density at radius 3 is 1.09 bits per heavy atom. The predicted octanol–water partition coefficient (Wildman–Crippen LogP) is 8.58. The molecule has 136 valence electrons. The molecule has 0 aliphatic carbocycles. The summed E-state index contributed by atoms with van der Waals surface area (Å²) in [4.78, 5) is 0. The third-order valence-electron chi connectivity index (χ3n) is 4.37. The van der Waals surface area contributed by atoms with Gasteiger partial charge in [0.2, 0.25) is 0 Å². The minimum atomic E-state index is 0. The summed E-state index contributed by atoms with van der Waals surface area (Å²) in [6, 6.07) is 0. The van der Waals surface area contributed by atoms with Gasteiger partial charge in [-0.25, -0.2) is 0 Å². The molecule has 0 bridgehead atoms. The van der Waals surface area contributed by atoms with Crippen molar-refractivity contribution in [1.29, 1.82) is 0 Å². The highest BCUT2D eigenvalue weighted by molar-refractivity contribution is 9.10. The highest BCUT2D eigenvalue weighted by Gasteiger charge is 2.10. The number of hydrogen-bond acceptors (Lipinski definition) is 1. The standard InChI is InChI=1S/C20H41Br.H3N/c1-4-5-6-7-8-9-10-11-12-13-14-15-16-17-18-19-20(2,3)21;/h4-19H2,1-3H3;1H3. The Kier molecular flexibility index (Phi) is 20.0. The summed E-state index contributed by atoms with van der Waals surface area (Å²) in [7, 11) is 0. The molecular formula is C20H44BrN. The molecule has 22 heavy (non-hydrogen) atoms. The Labute approximate surface area is 150 Å². The Morgan fingerprint density at radius 1 is 0.545 bits per heavy atom. The molecule has 0 fully saturated rings. The minimum absolute atomic E-state index is 0. The third-order valence-corrected chi connectivity index (χ3v) is 4.77. The van der Waals surface area contributed by atoms with Gasteiger partial charge < -0.3 is 6.15 Å². The fraction of sp³-hybridized carbons (Fsp3) is 1.00. The van der Waals surface area contributed by atoms with Crippen molar-refractivity contribution < 1.29 is 0 Å². The van der Waals surface area contributed by atoms with Crippen molar-refractivity contribution in [3.8, 4) is 0 Å². The Morgan fingerprint density at radius 2 is 0.818 bits per heavy atom. The molecule has 0 spiro atoms. The summed E-state index contributed by atoms with van der Waals surface area (Å²) >= 11 is 3.72. The van der Waals surface area contributed by atoms with Gasteiger partial charge in [-0.15, -0.1) is 0 Å². The van der Waals surface area contributed by atoms with Gasteiger partial charge in [0.25, 0.3) is 0 Å². The molecule has 0 saturated carbocycles. The fourth-order valence-electron chi connectivity index (χ4n) is 2.92. The smallest absolute Gasteiger partial charge is 0.0201 e. The summed E-state index contributed by atoms with van der Waals surface area (Å²) in [5.74, 6) is 0. The van der Waals surface area contributed by atoms with Crippen molar-refractivity contribution in [2.75, 3.05) is 0 Å². The SMILES string of the molecule is CCCCCCCCCCCCCCCCCC(C)(C)Br.N. The average molecular weight is 378 g/mol. The Bertz CT molecular complexity index is 198. The van der Waals surface area contributed by atoms with Gasteiger partial charge in [-0.3, -0.25) is 0 Å². The van der Waals surface area contributed by atoms with Crippen molar-refractivity contribution >= 4 is 15.9 Å². The maximum Gasteiger partial charge on any atom is 0.0201 e. The van der Waals surface area contributed by atoms with Gasteiger partial charge in [-0.05, 0) is 6.42 Å². The monoisotopic (exact) mass is 377 g/mol. The first kappa shape index (κ1) is 24.7. The molecule has 0 aliphatic rings. The van der Waals surface area contributed by atoms with Crippen LogP contribution >= 0.6 is 15.9 Å². The van der Waals surface area contributed by atoms with Crippen molar-refractivity contribution in [3.63, 3.8) is 0 Å². The van der Waals surface area contributed by atoms with E-state index in [0.29, 0.717) is 4.32 Å². The van der Waals surface area contributed by atoms with Crippen LogP contribution in [-0.2, 0) is 0 Å². The largest absolute Gasteiger partial charge is 0.344 e. The topological polar surface area (TPSA) is 35.0 Å². The molecule has 0 amide bonds. The van der Waals surface area contributed by atoms with Crippen LogP contribution < -0.4 is 6.15 Å². The van der Waals surface area contributed by atoms with E-state index in [9.17, 15) is 0 Å². The van der Waals surface area contributed by atoms with Crippen molar-refractivity contribution in [2.45, 2.75) is 128 Å². The van der Waals surface area contributed by atoms with E-state index in [1.807, 2.05) is 0 Å². The van der Waals surface area contributed by atoms with Crippen molar-refractivity contribution in [2.24, 2.45) is 0 Å². The Balaban J connectivity index is 0. The minimum Gasteiger partial charge on any atom is -0.344 e. The molecule has 2 heteroatoms. The summed E-state index contributed by atoms with van der Waals surface area (Å²) in [6.45, 7) is 6.84. The van der Waals surface area contributed by atoms with Gasteiger partial charge in [0.05, 0.1) is 0 Å². The molecule has 0 aromatic rings. The Hall–Kier alpha value is 0.440. The first-order valence-corrected chi connectivity index (χ1v) is 10.5. The van der Waals surface area contributed by atoms with Crippen LogP contribution in [0.4, 0.5) is 0 Å². The van der Waals surface area contributed by atoms with Crippen LogP contribution in [0, 0.1) is 0 Å². The number of halogens is 1. The van der Waals surface area contributed by atoms with Crippen molar-refractivity contribution in [3.05, 3.63) is 0 Å². The van der Waals surface area contributed by atoms with E-state index < -0.39 is 0 Å². The highest BCUT2D eigenvalue weighted by Crippen LogP contribution is 2.24. The first-order valence-electron chi connectivity index (χ1n) is 9.75. The second kappa shape index (κ2) is 17.8. The molecule has 0 saturated heterocycles. The van der Waals surface area contributed by atoms with Gasteiger partial charge in [0.15, 0.2) is 0 Å². The lowest BCUT2D eigenvalue weighted by molar-refractivity contribution is 0.519. The lowest BCUT2D eigenvalue weighted by Gasteiger charge is -2.15. The quantitative estimate of drug-likeness (QED) is 0.212. The lowest BCUT2D eigenvalue weighted by Crippen LogP contribution is -2.07. The van der Waals surface area contributed by atoms with E-state index in [-0.39, 0.29) is 6.15 Å². The van der Waals surface area contributed by atoms with E-state index in [0.717, 1.165) is 0 Å². The van der Waals surface area contributed by atoms with E-state index >= 15 is 0 Å². The average Bonchev–Trinajstić information content (AvgIpc) is 2.42. The maximum atomic E-state index is 3.72. The van der Waals surface area contributed by atoms with Gasteiger partial charge in [-0.2, -0.15) is 0 Å². The number of hydrogen-bond donors (Lipinski definition) is 1. The molecule has 0 atom stereocenters. The molecule has 0 aliphatic heterocycles. The summed E-state index contributed by atoms with van der Waals surface area (Å²) in [5.41, 5.74) is 0. The van der Waals surface area contributed by atoms with Crippen LogP contribution in [0.25, 0.3) is 0 Å². The lowest BCUT2D eigenvalue weighted by atomic mass is 10.0. The normalized spacial score (nSPS) is 11.5. The number of alkyl halides is 1. The second-order valence-electron chi connectivity index (χ2n) is 7.42. The number of unbranched alkanes of at least 4 members (excludes halogenated alkanes) is 14. The molecule has 0 rings (SSSR count). The van der Waals surface area contributed by atoms with Crippen LogP contribution in [0.3, 0.4) is 0 Å². The summed E-state index contributed by atoms with van der Waals surface area (Å²) in [5, 5.41) is 0. The zero-order valence-corrected chi connectivity index (χ0v) is 17.5. The van der Waals surface area contributed by atoms with Gasteiger partial charge in [0.1, 0.15) is 0 Å². The van der Waals surface area contributed by atoms with Crippen LogP contribution in [-0.4, -0.2) is 4.32 Å². The second-order valence-corrected chi connectivity index (χ2v) is 9.57. The number of rotatable bonds is 16. The van der Waals surface area contributed by atoms with Gasteiger partial charge >= 0.3 is 0 Å². The molecular weight excluding hydrogens is 334 g/mol. The van der Waals surface area contributed by atoms with Crippen molar-refractivity contribution in [1.82, 2.24) is 6.15 Å². The molecule has 0 aromatic carbocycles. The van der Waals surface area contributed by atoms with Crippen LogP contribution in [0.5, 0.6) is 0 Å². The van der Waals surface area contributed by atoms with E-state index in [1.54, 1.807) is 0 Å². The summed E-state index contributed by atoms with van der Waals surface area (Å²) in [6.07, 6.45) is 23.1. The molecule has 0 unspecified atom stereocenters. The van der Waals surface area contributed by atoms with Crippen LogP contribution in [0.1, 0.15) is 124 Å². The van der Waals surface area contributed by atoms with E-state index in [2.05, 4.69) is 36.7 Å². The zero-order chi connectivity index (χ0) is 15.8. The fourth-order valence-corrected chi connectivity index (χ4v) is 3.20. The zero-order valence-electron chi connectivity index (χ0n) is 15.9. The highest BCUT2D eigenvalue weighted by atomic mass is 79.9. The molecule has 3 N–H and O–H groups in total. The molecule has 1 nitrogen and oxygen atoms in total.